The van der Waals surface area contributed by atoms with Gasteiger partial charge < -0.3 is 19.7 Å². The molecule has 152 valence electrons. The summed E-state index contributed by atoms with van der Waals surface area (Å²) in [6.45, 7) is 5.93. The van der Waals surface area contributed by atoms with E-state index in [2.05, 4.69) is 19.9 Å². The van der Waals surface area contributed by atoms with Crippen LogP contribution < -0.4 is 0 Å². The van der Waals surface area contributed by atoms with Crippen molar-refractivity contribution in [3.63, 3.8) is 0 Å². The summed E-state index contributed by atoms with van der Waals surface area (Å²) in [4.78, 5) is 0. The Bertz CT molecular complexity index is 622. The zero-order valence-electron chi connectivity index (χ0n) is 17.0. The summed E-state index contributed by atoms with van der Waals surface area (Å²) in [7, 11) is 0. The first kappa shape index (κ1) is 18.6. The predicted molar refractivity (Wildman–Crippen MR) is 103 cm³/mol. The van der Waals surface area contributed by atoms with Crippen LogP contribution in [0.2, 0.25) is 0 Å². The summed E-state index contributed by atoms with van der Waals surface area (Å²) in [6.07, 6.45) is 10.8. The van der Waals surface area contributed by atoms with Crippen LogP contribution in [0.25, 0.3) is 0 Å². The highest BCUT2D eigenvalue weighted by molar-refractivity contribution is 5.23. The highest BCUT2D eigenvalue weighted by Gasteiger charge is 2.57. The van der Waals surface area contributed by atoms with E-state index in [4.69, 9.17) is 9.47 Å². The lowest BCUT2D eigenvalue weighted by Gasteiger charge is -2.50. The minimum atomic E-state index is -0.676. The minimum Gasteiger partial charge on any atom is -0.393 e. The molecule has 5 aliphatic rings. The van der Waals surface area contributed by atoms with Gasteiger partial charge in [-0.15, -0.1) is 0 Å². The van der Waals surface area contributed by atoms with Gasteiger partial charge in [-0.1, -0.05) is 25.5 Å². The van der Waals surface area contributed by atoms with Crippen LogP contribution in [0, 0.1) is 29.1 Å². The highest BCUT2D eigenvalue weighted by Crippen LogP contribution is 2.59. The molecule has 6 atom stereocenters. The zero-order valence-corrected chi connectivity index (χ0v) is 17.0. The first-order chi connectivity index (χ1) is 12.8. The number of hydrogen-bond donors (Lipinski definition) is 2. The van der Waals surface area contributed by atoms with Gasteiger partial charge in [0.25, 0.3) is 0 Å². The normalized spacial score (nSPS) is 55.3. The van der Waals surface area contributed by atoms with Crippen molar-refractivity contribution in [2.45, 2.75) is 89.1 Å². The van der Waals surface area contributed by atoms with Crippen molar-refractivity contribution in [1.82, 2.24) is 0 Å². The number of hydrogen-bond acceptors (Lipinski definition) is 4. The molecule has 27 heavy (non-hydrogen) atoms. The number of aliphatic hydroxyl groups is 2. The predicted octanol–water partition coefficient (Wildman–Crippen LogP) is 3.80. The third-order valence-electron chi connectivity index (χ3n) is 8.97. The molecule has 2 N–H and O–H groups in total. The number of fused-ring (bicyclic) bond motifs is 4. The lowest BCUT2D eigenvalue weighted by Crippen LogP contribution is -2.55. The maximum absolute atomic E-state index is 11.7. The van der Waals surface area contributed by atoms with Gasteiger partial charge in [0.05, 0.1) is 24.9 Å². The fourth-order valence-electron chi connectivity index (χ4n) is 7.14. The molecule has 0 unspecified atom stereocenters. The summed E-state index contributed by atoms with van der Waals surface area (Å²) >= 11 is 0. The minimum absolute atomic E-state index is 0.0409. The Kier molecular flexibility index (Phi) is 4.33. The molecule has 0 aromatic heterocycles. The second-order valence-electron chi connectivity index (χ2n) is 10.7. The van der Waals surface area contributed by atoms with Gasteiger partial charge in [-0.05, 0) is 62.7 Å². The fourth-order valence-corrected chi connectivity index (χ4v) is 7.14. The first-order valence-electron chi connectivity index (χ1n) is 11.2. The van der Waals surface area contributed by atoms with E-state index in [-0.39, 0.29) is 11.5 Å². The SMILES string of the molecule is CC1COC2(CC[C@H]3CC4=CC[C@]5(C)[C@@H](O)CC[C@H]5[C@@H]4CC[C@@]3(O)C2)OC1. The van der Waals surface area contributed by atoms with Crippen molar-refractivity contribution in [1.29, 1.82) is 0 Å². The van der Waals surface area contributed by atoms with Gasteiger partial charge in [-0.25, -0.2) is 0 Å². The number of allylic oxidation sites excluding steroid dienone is 2. The van der Waals surface area contributed by atoms with Crippen LogP contribution in [0.4, 0.5) is 0 Å². The van der Waals surface area contributed by atoms with E-state index in [1.807, 2.05) is 0 Å². The largest absolute Gasteiger partial charge is 0.393 e. The van der Waals surface area contributed by atoms with Gasteiger partial charge in [0.2, 0.25) is 0 Å². The van der Waals surface area contributed by atoms with Gasteiger partial charge in [0, 0.05) is 24.2 Å². The monoisotopic (exact) mass is 376 g/mol. The number of ether oxygens (including phenoxy) is 2. The van der Waals surface area contributed by atoms with Crippen LogP contribution in [-0.2, 0) is 9.47 Å². The summed E-state index contributed by atoms with van der Waals surface area (Å²) in [5.74, 6) is 1.32. The molecule has 0 aromatic rings. The Balaban J connectivity index is 1.38. The highest BCUT2D eigenvalue weighted by atomic mass is 16.7. The molecule has 4 nitrogen and oxygen atoms in total. The lowest BCUT2D eigenvalue weighted by molar-refractivity contribution is -0.320. The van der Waals surface area contributed by atoms with Crippen LogP contribution in [0.5, 0.6) is 0 Å². The lowest BCUT2D eigenvalue weighted by atomic mass is 9.62. The second kappa shape index (κ2) is 6.29. The molecule has 0 amide bonds. The number of aliphatic hydroxyl groups excluding tert-OH is 1. The van der Waals surface area contributed by atoms with Gasteiger partial charge in [0.1, 0.15) is 0 Å². The van der Waals surface area contributed by atoms with Gasteiger partial charge >= 0.3 is 0 Å². The van der Waals surface area contributed by atoms with E-state index < -0.39 is 11.4 Å². The Morgan fingerprint density at radius 3 is 2.63 bits per heavy atom. The van der Waals surface area contributed by atoms with Crippen molar-refractivity contribution >= 4 is 0 Å². The van der Waals surface area contributed by atoms with Crippen LogP contribution in [0.15, 0.2) is 11.6 Å². The van der Waals surface area contributed by atoms with Gasteiger partial charge in [0.15, 0.2) is 5.79 Å². The fraction of sp³-hybridized carbons (Fsp3) is 0.913. The molecule has 5 rings (SSSR count). The van der Waals surface area contributed by atoms with Crippen LogP contribution in [0.1, 0.15) is 71.6 Å². The van der Waals surface area contributed by atoms with Crippen molar-refractivity contribution in [2.24, 2.45) is 29.1 Å². The van der Waals surface area contributed by atoms with E-state index in [9.17, 15) is 10.2 Å². The van der Waals surface area contributed by atoms with Crippen LogP contribution in [0.3, 0.4) is 0 Å². The van der Waals surface area contributed by atoms with Crippen molar-refractivity contribution in [2.75, 3.05) is 13.2 Å². The van der Waals surface area contributed by atoms with E-state index in [0.717, 1.165) is 64.6 Å². The molecule has 1 aliphatic heterocycles. The molecule has 1 spiro atoms. The summed E-state index contributed by atoms with van der Waals surface area (Å²) < 4.78 is 12.3. The molecule has 0 radical (unpaired) electrons. The molecular weight excluding hydrogens is 340 g/mol. The smallest absolute Gasteiger partial charge is 0.171 e. The summed E-state index contributed by atoms with van der Waals surface area (Å²) in [5.41, 5.74) is 0.937. The van der Waals surface area contributed by atoms with E-state index >= 15 is 0 Å². The van der Waals surface area contributed by atoms with Crippen molar-refractivity contribution < 1.29 is 19.7 Å². The van der Waals surface area contributed by atoms with Crippen molar-refractivity contribution in [3.05, 3.63) is 11.6 Å². The maximum atomic E-state index is 11.7. The topological polar surface area (TPSA) is 58.9 Å². The van der Waals surface area contributed by atoms with E-state index in [0.29, 0.717) is 30.1 Å². The molecule has 0 bridgehead atoms. The molecule has 0 aromatic carbocycles. The summed E-state index contributed by atoms with van der Waals surface area (Å²) in [6, 6.07) is 0. The molecule has 4 aliphatic carbocycles. The first-order valence-corrected chi connectivity index (χ1v) is 11.2. The Morgan fingerprint density at radius 2 is 1.85 bits per heavy atom. The molecule has 4 heteroatoms. The summed E-state index contributed by atoms with van der Waals surface area (Å²) in [5, 5.41) is 22.3. The van der Waals surface area contributed by atoms with Crippen molar-refractivity contribution in [3.8, 4) is 0 Å². The third-order valence-corrected chi connectivity index (χ3v) is 8.97. The average Bonchev–Trinajstić information content (AvgIpc) is 2.86. The number of rotatable bonds is 0. The molecule has 1 saturated heterocycles. The third kappa shape index (κ3) is 2.86. The molecule has 1 heterocycles. The van der Waals surface area contributed by atoms with Gasteiger partial charge in [-0.3, -0.25) is 0 Å². The Labute approximate surface area is 163 Å². The Morgan fingerprint density at radius 1 is 1.07 bits per heavy atom. The van der Waals surface area contributed by atoms with Crippen LogP contribution >= 0.6 is 0 Å². The van der Waals surface area contributed by atoms with E-state index in [1.165, 1.54) is 0 Å². The van der Waals surface area contributed by atoms with E-state index in [1.54, 1.807) is 5.57 Å². The average molecular weight is 377 g/mol. The second-order valence-corrected chi connectivity index (χ2v) is 10.7. The maximum Gasteiger partial charge on any atom is 0.171 e. The molecular formula is C23H36O4. The quantitative estimate of drug-likeness (QED) is 0.631. The van der Waals surface area contributed by atoms with Crippen LogP contribution in [-0.4, -0.2) is 40.9 Å². The Hall–Kier alpha value is -0.420. The molecule has 4 fully saturated rings. The van der Waals surface area contributed by atoms with Gasteiger partial charge in [-0.2, -0.15) is 0 Å². The standard InChI is InChI=1S/C23H36O4/c1-15-12-26-23(27-13-15)10-6-17-11-16-5-8-21(2)19(3-4-20(21)24)18(16)7-9-22(17,25)14-23/h5,15,17-20,24-25H,3-4,6-14H2,1-2H3/t15?,17-,18+,19-,20-,21-,22+,23?/m0/s1. The molecule has 3 saturated carbocycles. The zero-order chi connectivity index (χ0) is 18.9.